The molecule has 0 bridgehead atoms. The molecule has 1 saturated heterocycles. The fraction of sp³-hybridized carbons (Fsp3) is 0.333. The molecule has 0 spiro atoms. The van der Waals surface area contributed by atoms with Crippen LogP contribution in [0.5, 0.6) is 5.75 Å². The van der Waals surface area contributed by atoms with Gasteiger partial charge in [-0.2, -0.15) is 0 Å². The predicted octanol–water partition coefficient (Wildman–Crippen LogP) is 4.95. The number of rotatable bonds is 6. The third-order valence-electron chi connectivity index (χ3n) is 5.63. The van der Waals surface area contributed by atoms with E-state index in [4.69, 9.17) is 4.74 Å². The van der Waals surface area contributed by atoms with E-state index < -0.39 is 0 Å². The second kappa shape index (κ2) is 8.96. The minimum Gasteiger partial charge on any atom is -0.497 e. The van der Waals surface area contributed by atoms with Crippen molar-refractivity contribution in [1.82, 2.24) is 14.5 Å². The van der Waals surface area contributed by atoms with Gasteiger partial charge in [0.15, 0.2) is 5.16 Å². The Bertz CT molecular complexity index is 1030. The Kier molecular flexibility index (Phi) is 6.13. The van der Waals surface area contributed by atoms with Crippen LogP contribution in [0.1, 0.15) is 35.6 Å². The number of benzene rings is 2. The molecule has 1 aromatic heterocycles. The molecule has 1 fully saturated rings. The minimum absolute atomic E-state index is 0.141. The van der Waals surface area contributed by atoms with Crippen LogP contribution in [0.4, 0.5) is 0 Å². The fourth-order valence-corrected chi connectivity index (χ4v) is 4.86. The van der Waals surface area contributed by atoms with E-state index in [-0.39, 0.29) is 11.9 Å². The van der Waals surface area contributed by atoms with Crippen LogP contribution >= 0.6 is 11.8 Å². The van der Waals surface area contributed by atoms with Crippen molar-refractivity contribution in [1.29, 1.82) is 0 Å². The maximum Gasteiger partial charge on any atom is 0.233 e. The highest BCUT2D eigenvalue weighted by molar-refractivity contribution is 7.99. The highest BCUT2D eigenvalue weighted by atomic mass is 32.2. The van der Waals surface area contributed by atoms with Crippen LogP contribution in [0.15, 0.2) is 60.0 Å². The van der Waals surface area contributed by atoms with Crippen molar-refractivity contribution in [2.24, 2.45) is 0 Å². The largest absolute Gasteiger partial charge is 0.497 e. The number of carbonyl (C=O) groups is 1. The van der Waals surface area contributed by atoms with Crippen LogP contribution in [-0.2, 0) is 4.79 Å². The van der Waals surface area contributed by atoms with E-state index in [1.54, 1.807) is 13.3 Å². The Morgan fingerprint density at radius 2 is 2.00 bits per heavy atom. The number of nitrogens with zero attached hydrogens (tertiary/aromatic N) is 3. The first-order valence-electron chi connectivity index (χ1n) is 10.2. The first-order valence-corrected chi connectivity index (χ1v) is 11.2. The molecule has 156 valence electrons. The lowest BCUT2D eigenvalue weighted by Gasteiger charge is -2.25. The van der Waals surface area contributed by atoms with Crippen molar-refractivity contribution in [2.75, 3.05) is 19.4 Å². The molecule has 0 radical (unpaired) electrons. The molecule has 0 saturated carbocycles. The standard InChI is InChI=1S/C24H27N3O2S/c1-17-6-7-18(2)22(15-17)27-14-12-25-24(27)30-16-23(28)26-13-4-5-21(26)19-8-10-20(29-3)11-9-19/h6-12,14-15,21H,4-5,13,16H2,1-3H3. The van der Waals surface area contributed by atoms with Crippen LogP contribution in [-0.4, -0.2) is 39.8 Å². The number of methoxy groups -OCH3 is 1. The molecule has 1 amide bonds. The maximum absolute atomic E-state index is 13.1. The quantitative estimate of drug-likeness (QED) is 0.528. The Hall–Kier alpha value is -2.73. The van der Waals surface area contributed by atoms with Gasteiger partial charge in [-0.15, -0.1) is 0 Å². The van der Waals surface area contributed by atoms with Gasteiger partial charge in [-0.25, -0.2) is 4.98 Å². The monoisotopic (exact) mass is 421 g/mol. The molecule has 4 rings (SSSR count). The van der Waals surface area contributed by atoms with Crippen molar-refractivity contribution in [2.45, 2.75) is 37.9 Å². The van der Waals surface area contributed by atoms with Crippen molar-refractivity contribution < 1.29 is 9.53 Å². The third-order valence-corrected chi connectivity index (χ3v) is 6.58. The average Bonchev–Trinajstić information content (AvgIpc) is 3.43. The van der Waals surface area contributed by atoms with Gasteiger partial charge in [0.1, 0.15) is 5.75 Å². The molecule has 1 unspecified atom stereocenters. The Labute approximate surface area is 182 Å². The Balaban J connectivity index is 1.46. The summed E-state index contributed by atoms with van der Waals surface area (Å²) in [6, 6.07) is 14.6. The number of imidazole rings is 1. The highest BCUT2D eigenvalue weighted by Gasteiger charge is 2.30. The van der Waals surface area contributed by atoms with E-state index in [1.807, 2.05) is 23.2 Å². The van der Waals surface area contributed by atoms with Crippen LogP contribution in [0.3, 0.4) is 0 Å². The molecular weight excluding hydrogens is 394 g/mol. The van der Waals surface area contributed by atoms with E-state index in [2.05, 4.69) is 53.7 Å². The summed E-state index contributed by atoms with van der Waals surface area (Å²) in [6.07, 6.45) is 5.79. The molecule has 0 N–H and O–H groups in total. The molecule has 1 atom stereocenters. The van der Waals surface area contributed by atoms with Gasteiger partial charge in [0, 0.05) is 18.9 Å². The van der Waals surface area contributed by atoms with E-state index in [0.717, 1.165) is 36.0 Å². The van der Waals surface area contributed by atoms with Gasteiger partial charge in [-0.3, -0.25) is 9.36 Å². The summed E-state index contributed by atoms with van der Waals surface area (Å²) in [7, 11) is 1.67. The van der Waals surface area contributed by atoms with Crippen molar-refractivity contribution >= 4 is 17.7 Å². The summed E-state index contributed by atoms with van der Waals surface area (Å²) in [5.74, 6) is 1.38. The number of likely N-dealkylation sites (tertiary alicyclic amines) is 1. The molecule has 5 nitrogen and oxygen atoms in total. The van der Waals surface area contributed by atoms with Crippen LogP contribution < -0.4 is 4.74 Å². The van der Waals surface area contributed by atoms with E-state index in [0.29, 0.717) is 5.75 Å². The SMILES string of the molecule is COc1ccc(C2CCCN2C(=O)CSc2nccn2-c2cc(C)ccc2C)cc1. The smallest absolute Gasteiger partial charge is 0.233 e. The lowest BCUT2D eigenvalue weighted by atomic mass is 10.0. The molecule has 6 heteroatoms. The predicted molar refractivity (Wildman–Crippen MR) is 120 cm³/mol. The lowest BCUT2D eigenvalue weighted by molar-refractivity contribution is -0.129. The van der Waals surface area contributed by atoms with Crippen LogP contribution in [0, 0.1) is 13.8 Å². The first kappa shape index (κ1) is 20.5. The van der Waals surface area contributed by atoms with Gasteiger partial charge in [0.2, 0.25) is 5.91 Å². The molecule has 2 heterocycles. The van der Waals surface area contributed by atoms with Crippen molar-refractivity contribution in [3.05, 3.63) is 71.5 Å². The normalized spacial score (nSPS) is 16.1. The zero-order chi connectivity index (χ0) is 21.1. The zero-order valence-corrected chi connectivity index (χ0v) is 18.5. The maximum atomic E-state index is 13.1. The second-order valence-electron chi connectivity index (χ2n) is 7.68. The van der Waals surface area contributed by atoms with Gasteiger partial charge in [0.25, 0.3) is 0 Å². The fourth-order valence-electron chi connectivity index (χ4n) is 4.01. The van der Waals surface area contributed by atoms with E-state index in [9.17, 15) is 4.79 Å². The minimum atomic E-state index is 0.141. The molecule has 30 heavy (non-hydrogen) atoms. The van der Waals surface area contributed by atoms with Gasteiger partial charge in [-0.05, 0) is 61.6 Å². The summed E-state index contributed by atoms with van der Waals surface area (Å²) in [6.45, 7) is 4.99. The number of ether oxygens (including phenoxy) is 1. The summed E-state index contributed by atoms with van der Waals surface area (Å²) in [5, 5.41) is 0.845. The second-order valence-corrected chi connectivity index (χ2v) is 8.62. The van der Waals surface area contributed by atoms with E-state index in [1.165, 1.54) is 28.5 Å². The summed E-state index contributed by atoms with van der Waals surface area (Å²) < 4.78 is 7.33. The van der Waals surface area contributed by atoms with Crippen molar-refractivity contribution in [3.8, 4) is 11.4 Å². The average molecular weight is 422 g/mol. The molecule has 0 aliphatic carbocycles. The zero-order valence-electron chi connectivity index (χ0n) is 17.7. The summed E-state index contributed by atoms with van der Waals surface area (Å²) >= 11 is 1.50. The number of carbonyl (C=O) groups excluding carboxylic acids is 1. The van der Waals surface area contributed by atoms with Crippen LogP contribution in [0.2, 0.25) is 0 Å². The lowest BCUT2D eigenvalue weighted by Crippen LogP contribution is -2.32. The van der Waals surface area contributed by atoms with Gasteiger partial charge in [-0.1, -0.05) is 36.0 Å². The molecule has 2 aromatic carbocycles. The topological polar surface area (TPSA) is 47.4 Å². The number of amides is 1. The number of aryl methyl sites for hydroxylation is 2. The summed E-state index contributed by atoms with van der Waals surface area (Å²) in [4.78, 5) is 19.6. The number of hydrogen-bond acceptors (Lipinski definition) is 4. The molecule has 1 aliphatic heterocycles. The molecule has 1 aliphatic rings. The third kappa shape index (κ3) is 4.24. The van der Waals surface area contributed by atoms with Gasteiger partial charge in [0.05, 0.1) is 24.6 Å². The van der Waals surface area contributed by atoms with E-state index >= 15 is 0 Å². The first-order chi connectivity index (χ1) is 14.6. The van der Waals surface area contributed by atoms with Gasteiger partial charge < -0.3 is 9.64 Å². The highest BCUT2D eigenvalue weighted by Crippen LogP contribution is 2.34. The number of hydrogen-bond donors (Lipinski definition) is 0. The summed E-state index contributed by atoms with van der Waals surface area (Å²) in [5.41, 5.74) is 4.67. The molecule has 3 aromatic rings. The molecular formula is C24H27N3O2S. The Morgan fingerprint density at radius 3 is 2.77 bits per heavy atom. The Morgan fingerprint density at radius 1 is 1.20 bits per heavy atom. The van der Waals surface area contributed by atoms with Crippen LogP contribution in [0.25, 0.3) is 5.69 Å². The van der Waals surface area contributed by atoms with Crippen molar-refractivity contribution in [3.63, 3.8) is 0 Å². The van der Waals surface area contributed by atoms with Gasteiger partial charge >= 0.3 is 0 Å². The number of thioether (sulfide) groups is 1. The number of aromatic nitrogens is 2.